The van der Waals surface area contributed by atoms with Gasteiger partial charge in [-0.3, -0.25) is 4.90 Å². The Morgan fingerprint density at radius 1 is 1.32 bits per heavy atom. The zero-order valence-corrected chi connectivity index (χ0v) is 11.2. The van der Waals surface area contributed by atoms with E-state index in [4.69, 9.17) is 4.74 Å². The van der Waals surface area contributed by atoms with Gasteiger partial charge in [0.1, 0.15) is 6.61 Å². The van der Waals surface area contributed by atoms with Crippen molar-refractivity contribution < 1.29 is 9.13 Å². The highest BCUT2D eigenvalue weighted by Crippen LogP contribution is 2.27. The van der Waals surface area contributed by atoms with E-state index in [1.807, 2.05) is 6.07 Å². The van der Waals surface area contributed by atoms with Crippen LogP contribution in [0.3, 0.4) is 0 Å². The van der Waals surface area contributed by atoms with Crippen LogP contribution < -0.4 is 10.1 Å². The Hall–Kier alpha value is -1.13. The lowest BCUT2D eigenvalue weighted by Gasteiger charge is -2.28. The molecule has 0 saturated carbocycles. The average molecular weight is 264 g/mol. The maximum absolute atomic E-state index is 13.7. The first-order chi connectivity index (χ1) is 9.33. The van der Waals surface area contributed by atoms with Gasteiger partial charge in [0.2, 0.25) is 0 Å². The second-order valence-corrected chi connectivity index (χ2v) is 5.51. The maximum Gasteiger partial charge on any atom is 0.165 e. The van der Waals surface area contributed by atoms with Gasteiger partial charge in [-0.2, -0.15) is 0 Å². The Morgan fingerprint density at radius 3 is 3.00 bits per heavy atom. The number of ether oxygens (including phenoxy) is 1. The Bertz CT molecular complexity index is 432. The van der Waals surface area contributed by atoms with E-state index in [2.05, 4.69) is 10.2 Å². The number of hydrogen-bond donors (Lipinski definition) is 1. The molecule has 0 spiro atoms. The molecule has 1 fully saturated rings. The van der Waals surface area contributed by atoms with Crippen LogP contribution in [0, 0.1) is 11.7 Å². The molecule has 0 bridgehead atoms. The lowest BCUT2D eigenvalue weighted by atomic mass is 9.97. The van der Waals surface area contributed by atoms with E-state index < -0.39 is 0 Å². The number of para-hydroxylation sites is 1. The number of hydrogen-bond acceptors (Lipinski definition) is 3. The summed E-state index contributed by atoms with van der Waals surface area (Å²) in [6.07, 6.45) is 2.49. The summed E-state index contributed by atoms with van der Waals surface area (Å²) in [5.74, 6) is 0.980. The van der Waals surface area contributed by atoms with Crippen LogP contribution in [0.5, 0.6) is 5.75 Å². The average Bonchev–Trinajstić information content (AvgIpc) is 2.63. The molecule has 1 aromatic carbocycles. The first-order valence-electron chi connectivity index (χ1n) is 7.16. The lowest BCUT2D eigenvalue weighted by Crippen LogP contribution is -2.36. The number of halogens is 1. The summed E-state index contributed by atoms with van der Waals surface area (Å²) in [5, 5.41) is 3.39. The van der Waals surface area contributed by atoms with E-state index in [-0.39, 0.29) is 5.82 Å². The predicted octanol–water partition coefficient (Wildman–Crippen LogP) is 2.02. The molecule has 1 aromatic rings. The fourth-order valence-electron chi connectivity index (χ4n) is 3.02. The molecule has 0 aromatic heterocycles. The SMILES string of the molecule is Fc1cccc2c1OCCN(CC1CCNCC1)C2. The first kappa shape index (κ1) is 12.9. The molecular weight excluding hydrogens is 243 g/mol. The minimum atomic E-state index is -0.235. The van der Waals surface area contributed by atoms with Crippen LogP contribution in [0.15, 0.2) is 18.2 Å². The van der Waals surface area contributed by atoms with Gasteiger partial charge in [0.25, 0.3) is 0 Å². The number of nitrogens with one attached hydrogen (secondary N) is 1. The van der Waals surface area contributed by atoms with E-state index in [0.29, 0.717) is 12.4 Å². The number of benzene rings is 1. The van der Waals surface area contributed by atoms with Crippen molar-refractivity contribution in [3.63, 3.8) is 0 Å². The summed E-state index contributed by atoms with van der Waals surface area (Å²) in [6, 6.07) is 5.21. The molecule has 0 radical (unpaired) electrons. The molecule has 4 heteroatoms. The minimum Gasteiger partial charge on any atom is -0.489 e. The molecule has 2 aliphatic heterocycles. The molecule has 1 saturated heterocycles. The Kier molecular flexibility index (Phi) is 3.99. The highest BCUT2D eigenvalue weighted by Gasteiger charge is 2.21. The Morgan fingerprint density at radius 2 is 2.16 bits per heavy atom. The zero-order valence-electron chi connectivity index (χ0n) is 11.2. The fourth-order valence-corrected chi connectivity index (χ4v) is 3.02. The second kappa shape index (κ2) is 5.88. The molecule has 0 aliphatic carbocycles. The van der Waals surface area contributed by atoms with Gasteiger partial charge in [-0.15, -0.1) is 0 Å². The number of nitrogens with zero attached hydrogens (tertiary/aromatic N) is 1. The third-order valence-corrected chi connectivity index (χ3v) is 4.07. The van der Waals surface area contributed by atoms with Crippen LogP contribution in [0.1, 0.15) is 18.4 Å². The topological polar surface area (TPSA) is 24.5 Å². The van der Waals surface area contributed by atoms with Gasteiger partial charge in [0.05, 0.1) is 0 Å². The molecule has 2 aliphatic rings. The van der Waals surface area contributed by atoms with Crippen LogP contribution in [0.25, 0.3) is 0 Å². The molecule has 19 heavy (non-hydrogen) atoms. The van der Waals surface area contributed by atoms with E-state index in [1.165, 1.54) is 18.9 Å². The second-order valence-electron chi connectivity index (χ2n) is 5.51. The molecule has 2 heterocycles. The number of piperidine rings is 1. The van der Waals surface area contributed by atoms with Gasteiger partial charge in [0.15, 0.2) is 11.6 Å². The molecular formula is C15H21FN2O. The van der Waals surface area contributed by atoms with Crippen molar-refractivity contribution in [3.8, 4) is 5.75 Å². The maximum atomic E-state index is 13.7. The first-order valence-corrected chi connectivity index (χ1v) is 7.16. The third kappa shape index (κ3) is 3.07. The van der Waals surface area contributed by atoms with Gasteiger partial charge >= 0.3 is 0 Å². The van der Waals surface area contributed by atoms with Crippen molar-refractivity contribution >= 4 is 0 Å². The third-order valence-electron chi connectivity index (χ3n) is 4.07. The van der Waals surface area contributed by atoms with Crippen molar-refractivity contribution in [3.05, 3.63) is 29.6 Å². The summed E-state index contributed by atoms with van der Waals surface area (Å²) >= 11 is 0. The largest absolute Gasteiger partial charge is 0.489 e. The highest BCUT2D eigenvalue weighted by atomic mass is 19.1. The van der Waals surface area contributed by atoms with Gasteiger partial charge < -0.3 is 10.1 Å². The molecule has 1 N–H and O–H groups in total. The normalized spacial score (nSPS) is 21.5. The van der Waals surface area contributed by atoms with Crippen molar-refractivity contribution in [1.29, 1.82) is 0 Å². The molecule has 104 valence electrons. The van der Waals surface area contributed by atoms with Gasteiger partial charge in [-0.1, -0.05) is 12.1 Å². The molecule has 0 atom stereocenters. The van der Waals surface area contributed by atoms with Gasteiger partial charge in [-0.25, -0.2) is 4.39 Å². The smallest absolute Gasteiger partial charge is 0.165 e. The summed E-state index contributed by atoms with van der Waals surface area (Å²) in [7, 11) is 0. The highest BCUT2D eigenvalue weighted by molar-refractivity contribution is 5.35. The van der Waals surface area contributed by atoms with E-state index in [1.54, 1.807) is 6.07 Å². The number of rotatable bonds is 2. The standard InChI is InChI=1S/C15H21FN2O/c16-14-3-1-2-13-11-18(8-9-19-15(13)14)10-12-4-6-17-7-5-12/h1-3,12,17H,4-11H2. The van der Waals surface area contributed by atoms with E-state index in [9.17, 15) is 4.39 Å². The van der Waals surface area contributed by atoms with Crippen molar-refractivity contribution in [2.75, 3.05) is 32.8 Å². The van der Waals surface area contributed by atoms with Crippen LogP contribution in [0.2, 0.25) is 0 Å². The van der Waals surface area contributed by atoms with Crippen LogP contribution in [-0.2, 0) is 6.54 Å². The van der Waals surface area contributed by atoms with Crippen molar-refractivity contribution in [1.82, 2.24) is 10.2 Å². The minimum absolute atomic E-state index is 0.235. The van der Waals surface area contributed by atoms with E-state index >= 15 is 0 Å². The summed E-state index contributed by atoms with van der Waals surface area (Å²) < 4.78 is 19.3. The monoisotopic (exact) mass is 264 g/mol. The molecule has 0 unspecified atom stereocenters. The fraction of sp³-hybridized carbons (Fsp3) is 0.600. The van der Waals surface area contributed by atoms with Gasteiger partial charge in [-0.05, 0) is 37.9 Å². The van der Waals surface area contributed by atoms with E-state index in [0.717, 1.165) is 44.2 Å². The predicted molar refractivity (Wildman–Crippen MR) is 72.8 cm³/mol. The molecule has 3 rings (SSSR count). The number of fused-ring (bicyclic) bond motifs is 1. The molecule has 0 amide bonds. The Labute approximate surface area is 113 Å². The summed E-state index contributed by atoms with van der Waals surface area (Å²) in [5.41, 5.74) is 0.978. The van der Waals surface area contributed by atoms with Crippen LogP contribution >= 0.6 is 0 Å². The summed E-state index contributed by atoms with van der Waals surface area (Å²) in [4.78, 5) is 2.40. The lowest BCUT2D eigenvalue weighted by molar-refractivity contribution is 0.180. The zero-order chi connectivity index (χ0) is 13.1. The van der Waals surface area contributed by atoms with Crippen molar-refractivity contribution in [2.45, 2.75) is 19.4 Å². The van der Waals surface area contributed by atoms with Crippen LogP contribution in [-0.4, -0.2) is 37.7 Å². The van der Waals surface area contributed by atoms with Crippen molar-refractivity contribution in [2.24, 2.45) is 5.92 Å². The summed E-state index contributed by atoms with van der Waals surface area (Å²) in [6.45, 7) is 5.62. The molecule has 3 nitrogen and oxygen atoms in total. The van der Waals surface area contributed by atoms with Gasteiger partial charge in [0, 0.05) is 25.2 Å². The Balaban J connectivity index is 1.68. The quantitative estimate of drug-likeness (QED) is 0.884. The van der Waals surface area contributed by atoms with Crippen LogP contribution in [0.4, 0.5) is 4.39 Å².